The lowest BCUT2D eigenvalue weighted by molar-refractivity contribution is 0.0683. The molecule has 0 N–H and O–H groups in total. The van der Waals surface area contributed by atoms with E-state index in [1.165, 1.54) is 21.0 Å². The zero-order valence-corrected chi connectivity index (χ0v) is 11.4. The van der Waals surface area contributed by atoms with Crippen LogP contribution in [0.3, 0.4) is 0 Å². The zero-order valence-electron chi connectivity index (χ0n) is 25.4. The second kappa shape index (κ2) is 7.22. The van der Waals surface area contributed by atoms with Gasteiger partial charge in [-0.3, -0.25) is 0 Å². The third-order valence-electron chi connectivity index (χ3n) is 2.25. The largest absolute Gasteiger partial charge is 0.367 e. The summed E-state index contributed by atoms with van der Waals surface area (Å²) in [5.74, 6) is 0. The van der Waals surface area contributed by atoms with E-state index in [0.29, 0.717) is 0 Å². The smallest absolute Gasteiger partial charge is 0.108 e. The minimum atomic E-state index is -3.37. The Kier molecular flexibility index (Phi) is 1.80. The van der Waals surface area contributed by atoms with Gasteiger partial charge in [-0.2, -0.15) is 0 Å². The van der Waals surface area contributed by atoms with Gasteiger partial charge in [0.05, 0.1) is 23.0 Å². The van der Waals surface area contributed by atoms with E-state index in [9.17, 15) is 0 Å². The highest BCUT2D eigenvalue weighted by molar-refractivity contribution is 5.35. The van der Waals surface area contributed by atoms with Gasteiger partial charge in [-0.1, -0.05) is 54.4 Å². The van der Waals surface area contributed by atoms with E-state index in [4.69, 9.17) is 23.9 Å². The predicted molar refractivity (Wildman–Crippen MR) is 84.0 cm³/mol. The van der Waals surface area contributed by atoms with Gasteiger partial charge in [0, 0.05) is 9.24 Å². The molecule has 106 valence electrons. The predicted octanol–water partition coefficient (Wildman–Crippen LogP) is 3.66. The van der Waals surface area contributed by atoms with Crippen LogP contribution in [0.5, 0.6) is 0 Å². The van der Waals surface area contributed by atoms with Gasteiger partial charge in [-0.25, -0.2) is 0 Å². The lowest BCUT2D eigenvalue weighted by Crippen LogP contribution is -2.20. The number of ether oxygens (including phenoxy) is 1. The van der Waals surface area contributed by atoms with Crippen LogP contribution < -0.4 is 0 Å². The van der Waals surface area contributed by atoms with E-state index in [1.54, 1.807) is 0 Å². The number of benzene rings is 2. The fourth-order valence-corrected chi connectivity index (χ4v) is 1.36. The first kappa shape index (κ1) is 4.97. The summed E-state index contributed by atoms with van der Waals surface area (Å²) in [6.45, 7) is -5.10. The van der Waals surface area contributed by atoms with Gasteiger partial charge in [-0.15, -0.1) is 0 Å². The topological polar surface area (TPSA) is 12.5 Å². The average Bonchev–Trinajstić information content (AvgIpc) is 2.72. The molecule has 0 fully saturated rings. The fraction of sp³-hybridized carbons (Fsp3) is 0.333. The van der Waals surface area contributed by atoms with E-state index < -0.39 is 84.6 Å². The summed E-state index contributed by atoms with van der Waals surface area (Å²) in [6.07, 6.45) is -3.18. The Balaban J connectivity index is 3.13. The molecule has 0 aliphatic heterocycles. The second-order valence-electron chi connectivity index (χ2n) is 4.04. The van der Waals surface area contributed by atoms with Crippen molar-refractivity contribution in [2.45, 2.75) is 13.0 Å². The molecule has 0 saturated heterocycles. The molecule has 0 aliphatic carbocycles. The maximum absolute atomic E-state index is 9.11. The van der Waals surface area contributed by atoms with Crippen LogP contribution >= 0.6 is 0 Å². The summed E-state index contributed by atoms with van der Waals surface area (Å²) < 4.78 is 120. The molecule has 0 aromatic heterocycles. The van der Waals surface area contributed by atoms with Gasteiger partial charge >= 0.3 is 0 Å². The lowest BCUT2D eigenvalue weighted by Gasteiger charge is -2.22. The Hall–Kier alpha value is -1.64. The molecule has 0 amide bonds. The Labute approximate surface area is 141 Å². The van der Waals surface area contributed by atoms with Crippen LogP contribution in [0.1, 0.15) is 42.0 Å². The van der Waals surface area contributed by atoms with Crippen LogP contribution in [0.25, 0.3) is 0 Å². The third-order valence-corrected chi connectivity index (χ3v) is 2.25. The summed E-state index contributed by atoms with van der Waals surface area (Å²) in [7, 11) is 2.38. The van der Waals surface area contributed by atoms with Crippen molar-refractivity contribution < 1.29 is 23.9 Å². The molecule has 2 rings (SSSR count). The van der Waals surface area contributed by atoms with Crippen LogP contribution in [-0.4, -0.2) is 32.1 Å². The molecule has 1 unspecified atom stereocenters. The monoisotopic (exact) mass is 283 g/mol. The molecule has 0 bridgehead atoms. The van der Waals surface area contributed by atoms with E-state index in [-0.39, 0.29) is 5.56 Å². The van der Waals surface area contributed by atoms with Crippen LogP contribution in [0.2, 0.25) is 0 Å². The molecule has 2 nitrogen and oxygen atoms in total. The first-order valence-corrected chi connectivity index (χ1v) is 5.78. The van der Waals surface area contributed by atoms with E-state index in [1.807, 2.05) is 0 Å². The Morgan fingerprint density at radius 2 is 1.80 bits per heavy atom. The molecular formula is C18H23NO. The Morgan fingerprint density at radius 1 is 1.15 bits per heavy atom. The van der Waals surface area contributed by atoms with Crippen molar-refractivity contribution in [3.63, 3.8) is 0 Å². The van der Waals surface area contributed by atoms with Gasteiger partial charge in [0.15, 0.2) is 0 Å². The number of rotatable bonds is 6. The highest BCUT2D eigenvalue weighted by Crippen LogP contribution is 2.28. The molecule has 0 heterocycles. The molecule has 2 heteroatoms. The first-order valence-electron chi connectivity index (χ1n) is 12.8. The number of likely N-dealkylation sites (N-methyl/N-ethyl adjacent to an activating group) is 1. The highest BCUT2D eigenvalue weighted by Gasteiger charge is 2.16. The zero-order chi connectivity index (χ0) is 26.7. The van der Waals surface area contributed by atoms with Crippen LogP contribution in [-0.2, 0) is 4.74 Å². The summed E-state index contributed by atoms with van der Waals surface area (Å²) in [5.41, 5.74) is -1.94. The summed E-state index contributed by atoms with van der Waals surface area (Å²) in [5, 5.41) is 0. The molecule has 0 spiro atoms. The van der Waals surface area contributed by atoms with E-state index in [0.717, 1.165) is 4.90 Å². The summed E-state index contributed by atoms with van der Waals surface area (Å²) in [4.78, 5) is 0.808. The SMILES string of the molecule is [2H]c1c([2H])c([2H])c(C([2H])(OC([2H])([2H])C([2H])([2H])N(C)C)c2c([2H])c([2H])c([2H])c([2H])c2C)c([2H])c1[2H]. The van der Waals surface area contributed by atoms with Crippen molar-refractivity contribution in [2.75, 3.05) is 27.2 Å². The van der Waals surface area contributed by atoms with Crippen molar-refractivity contribution in [1.29, 1.82) is 0 Å². The van der Waals surface area contributed by atoms with Gasteiger partial charge in [0.1, 0.15) is 6.08 Å². The van der Waals surface area contributed by atoms with E-state index in [2.05, 4.69) is 0 Å². The van der Waals surface area contributed by atoms with Gasteiger partial charge in [-0.05, 0) is 37.7 Å². The quantitative estimate of drug-likeness (QED) is 0.802. The van der Waals surface area contributed by atoms with Crippen molar-refractivity contribution in [1.82, 2.24) is 4.90 Å². The molecule has 0 radical (unpaired) electrons. The average molecular weight is 283 g/mol. The van der Waals surface area contributed by atoms with Gasteiger partial charge < -0.3 is 9.64 Å². The standard InChI is InChI=1S/C18H23NO/c1-15-9-7-8-12-17(15)18(20-14-13-19(2)3)16-10-5-4-6-11-16/h4-12,18H,13-14H2,1-3H3/i4D,5D,6D,7D,8D,9D,10D,11D,12D,13D2,14D2,18D. The summed E-state index contributed by atoms with van der Waals surface area (Å²) >= 11 is 0. The Bertz CT molecular complexity index is 1020. The first-order chi connectivity index (χ1) is 15.3. The lowest BCUT2D eigenvalue weighted by atomic mass is 9.97. The Morgan fingerprint density at radius 3 is 2.50 bits per heavy atom. The maximum Gasteiger partial charge on any atom is 0.108 e. The maximum atomic E-state index is 9.11. The van der Waals surface area contributed by atoms with Crippen molar-refractivity contribution in [3.8, 4) is 0 Å². The molecular weight excluding hydrogens is 246 g/mol. The van der Waals surface area contributed by atoms with Crippen LogP contribution in [0.15, 0.2) is 54.4 Å². The molecule has 0 saturated carbocycles. The normalized spacial score (nSPS) is 25.6. The number of nitrogens with zero attached hydrogens (tertiary/aromatic N) is 1. The van der Waals surface area contributed by atoms with Crippen molar-refractivity contribution in [3.05, 3.63) is 71.1 Å². The van der Waals surface area contributed by atoms with Gasteiger partial charge in [0.2, 0.25) is 0 Å². The molecule has 2 aromatic rings. The number of hydrogen-bond donors (Lipinski definition) is 0. The van der Waals surface area contributed by atoms with E-state index >= 15 is 0 Å². The molecule has 1 atom stereocenters. The second-order valence-corrected chi connectivity index (χ2v) is 4.04. The third kappa shape index (κ3) is 3.92. The molecule has 0 aliphatic rings. The van der Waals surface area contributed by atoms with Gasteiger partial charge in [0.25, 0.3) is 0 Å². The molecule has 20 heavy (non-hydrogen) atoms. The van der Waals surface area contributed by atoms with Crippen molar-refractivity contribution in [2.24, 2.45) is 0 Å². The summed E-state index contributed by atoms with van der Waals surface area (Å²) in [6, 6.07) is -7.46. The highest BCUT2D eigenvalue weighted by atomic mass is 16.5. The minimum absolute atomic E-state index is 0.297. The van der Waals surface area contributed by atoms with Crippen LogP contribution in [0.4, 0.5) is 0 Å². The van der Waals surface area contributed by atoms with Crippen LogP contribution in [0, 0.1) is 6.92 Å². The fourth-order valence-electron chi connectivity index (χ4n) is 1.36. The number of hydrogen-bond acceptors (Lipinski definition) is 2. The minimum Gasteiger partial charge on any atom is -0.367 e. The molecule has 2 aromatic carbocycles. The van der Waals surface area contributed by atoms with Crippen molar-refractivity contribution >= 4 is 0 Å².